The fourth-order valence-electron chi connectivity index (χ4n) is 1.50. The van der Waals surface area contributed by atoms with Crippen LogP contribution in [-0.2, 0) is 6.54 Å². The van der Waals surface area contributed by atoms with Crippen molar-refractivity contribution in [2.45, 2.75) is 6.54 Å². The molecule has 0 radical (unpaired) electrons. The quantitative estimate of drug-likeness (QED) is 0.777. The molecule has 0 atom stereocenters. The van der Waals surface area contributed by atoms with E-state index in [1.165, 1.54) is 0 Å². The lowest BCUT2D eigenvalue weighted by atomic mass is 10.1. The van der Waals surface area contributed by atoms with Gasteiger partial charge in [0.1, 0.15) is 0 Å². The van der Waals surface area contributed by atoms with Crippen LogP contribution in [0.2, 0.25) is 0 Å². The van der Waals surface area contributed by atoms with E-state index in [1.807, 2.05) is 24.4 Å². The van der Waals surface area contributed by atoms with Gasteiger partial charge in [-0.15, -0.1) is 0 Å². The van der Waals surface area contributed by atoms with Crippen LogP contribution in [0.1, 0.15) is 15.9 Å². The standard InChI is InChI=1S/C11H12N4O/c12-11(16)10-5-2-1-4-9(10)8-15-7-3-6-13-14-15/h1-7,14H,8H2,(H2,12,16). The summed E-state index contributed by atoms with van der Waals surface area (Å²) in [5.41, 5.74) is 9.49. The van der Waals surface area contributed by atoms with E-state index < -0.39 is 5.91 Å². The topological polar surface area (TPSA) is 70.7 Å². The van der Waals surface area contributed by atoms with Crippen molar-refractivity contribution in [3.8, 4) is 0 Å². The molecule has 0 saturated heterocycles. The van der Waals surface area contributed by atoms with Crippen molar-refractivity contribution in [3.05, 3.63) is 47.7 Å². The Morgan fingerprint density at radius 3 is 2.94 bits per heavy atom. The third kappa shape index (κ3) is 2.20. The number of nitrogens with zero attached hydrogens (tertiary/aromatic N) is 2. The van der Waals surface area contributed by atoms with E-state index in [9.17, 15) is 4.79 Å². The van der Waals surface area contributed by atoms with Gasteiger partial charge in [-0.25, -0.2) is 5.53 Å². The summed E-state index contributed by atoms with van der Waals surface area (Å²) in [7, 11) is 0. The van der Waals surface area contributed by atoms with Crippen LogP contribution in [0.15, 0.2) is 41.6 Å². The van der Waals surface area contributed by atoms with Crippen molar-refractivity contribution in [2.75, 3.05) is 0 Å². The molecule has 16 heavy (non-hydrogen) atoms. The van der Waals surface area contributed by atoms with Gasteiger partial charge in [-0.3, -0.25) is 9.80 Å². The average Bonchev–Trinajstić information content (AvgIpc) is 2.31. The number of primary amides is 1. The Bertz CT molecular complexity index is 453. The molecule has 5 nitrogen and oxygen atoms in total. The lowest BCUT2D eigenvalue weighted by molar-refractivity contribution is 0.0998. The Kier molecular flexibility index (Phi) is 2.86. The number of carbonyl (C=O) groups is 1. The van der Waals surface area contributed by atoms with Crippen LogP contribution in [-0.4, -0.2) is 17.1 Å². The van der Waals surface area contributed by atoms with Gasteiger partial charge in [-0.1, -0.05) is 18.2 Å². The molecule has 0 aliphatic carbocycles. The van der Waals surface area contributed by atoms with Crippen molar-refractivity contribution < 1.29 is 4.79 Å². The first-order valence-electron chi connectivity index (χ1n) is 4.87. The molecule has 0 unspecified atom stereocenters. The van der Waals surface area contributed by atoms with Gasteiger partial charge in [-0.2, -0.15) is 5.10 Å². The molecule has 1 heterocycles. The molecule has 3 N–H and O–H groups in total. The molecule has 82 valence electrons. The first-order chi connectivity index (χ1) is 7.77. The molecule has 1 aromatic rings. The summed E-state index contributed by atoms with van der Waals surface area (Å²) < 4.78 is 0. The number of allylic oxidation sites excluding steroid dienone is 1. The second-order valence-electron chi connectivity index (χ2n) is 3.37. The van der Waals surface area contributed by atoms with E-state index in [1.54, 1.807) is 23.4 Å². The average molecular weight is 216 g/mol. The fourth-order valence-corrected chi connectivity index (χ4v) is 1.50. The Hall–Kier alpha value is -2.30. The van der Waals surface area contributed by atoms with Gasteiger partial charge in [0.15, 0.2) is 0 Å². The lowest BCUT2D eigenvalue weighted by Crippen LogP contribution is -2.31. The monoisotopic (exact) mass is 216 g/mol. The highest BCUT2D eigenvalue weighted by molar-refractivity contribution is 5.94. The molecule has 0 aromatic heterocycles. The second-order valence-corrected chi connectivity index (χ2v) is 3.37. The number of carbonyl (C=O) groups excluding carboxylic acids is 1. The van der Waals surface area contributed by atoms with Crippen LogP contribution >= 0.6 is 0 Å². The minimum atomic E-state index is -0.417. The molecule has 1 aliphatic rings. The summed E-state index contributed by atoms with van der Waals surface area (Å²) in [6, 6.07) is 7.25. The van der Waals surface area contributed by atoms with Crippen LogP contribution in [0.5, 0.6) is 0 Å². The van der Waals surface area contributed by atoms with E-state index in [-0.39, 0.29) is 0 Å². The summed E-state index contributed by atoms with van der Waals surface area (Å²) in [4.78, 5) is 11.2. The summed E-state index contributed by atoms with van der Waals surface area (Å²) in [5.74, 6) is -0.417. The number of hydrazone groups is 1. The highest BCUT2D eigenvalue weighted by atomic mass is 16.1. The molecule has 1 aromatic carbocycles. The lowest BCUT2D eigenvalue weighted by Gasteiger charge is -2.21. The number of amides is 1. The molecule has 2 rings (SSSR count). The number of hydrazine groups is 1. The summed E-state index contributed by atoms with van der Waals surface area (Å²) in [5, 5.41) is 5.64. The number of nitrogens with two attached hydrogens (primary N) is 1. The number of hydrogen-bond acceptors (Lipinski definition) is 4. The van der Waals surface area contributed by atoms with Crippen LogP contribution in [0.3, 0.4) is 0 Å². The zero-order valence-electron chi connectivity index (χ0n) is 8.63. The van der Waals surface area contributed by atoms with Gasteiger partial charge in [0.25, 0.3) is 0 Å². The van der Waals surface area contributed by atoms with E-state index in [0.29, 0.717) is 12.1 Å². The Morgan fingerprint density at radius 1 is 1.44 bits per heavy atom. The highest BCUT2D eigenvalue weighted by Crippen LogP contribution is 2.10. The van der Waals surface area contributed by atoms with Crippen molar-refractivity contribution in [3.63, 3.8) is 0 Å². The van der Waals surface area contributed by atoms with Gasteiger partial charge in [-0.05, 0) is 17.7 Å². The second kappa shape index (κ2) is 4.48. The number of rotatable bonds is 3. The van der Waals surface area contributed by atoms with Crippen LogP contribution in [0.4, 0.5) is 0 Å². The maximum Gasteiger partial charge on any atom is 0.249 e. The van der Waals surface area contributed by atoms with Gasteiger partial charge in [0.05, 0.1) is 12.8 Å². The van der Waals surface area contributed by atoms with Crippen molar-refractivity contribution in [2.24, 2.45) is 10.8 Å². The van der Waals surface area contributed by atoms with Gasteiger partial charge in [0.2, 0.25) is 5.91 Å². The largest absolute Gasteiger partial charge is 0.366 e. The molecule has 1 amide bonds. The number of benzene rings is 1. The van der Waals surface area contributed by atoms with Crippen LogP contribution in [0.25, 0.3) is 0 Å². The van der Waals surface area contributed by atoms with E-state index >= 15 is 0 Å². The first-order valence-corrected chi connectivity index (χ1v) is 4.87. The molecule has 5 heteroatoms. The van der Waals surface area contributed by atoms with Gasteiger partial charge >= 0.3 is 0 Å². The van der Waals surface area contributed by atoms with E-state index in [0.717, 1.165) is 5.56 Å². The maximum atomic E-state index is 11.2. The Morgan fingerprint density at radius 2 is 2.25 bits per heavy atom. The van der Waals surface area contributed by atoms with Crippen molar-refractivity contribution in [1.29, 1.82) is 0 Å². The van der Waals surface area contributed by atoms with Gasteiger partial charge in [0, 0.05) is 11.8 Å². The maximum absolute atomic E-state index is 11.2. The third-order valence-corrected chi connectivity index (χ3v) is 2.24. The number of hydrogen-bond donors (Lipinski definition) is 2. The van der Waals surface area contributed by atoms with E-state index in [4.69, 9.17) is 5.73 Å². The predicted molar refractivity (Wildman–Crippen MR) is 61.3 cm³/mol. The van der Waals surface area contributed by atoms with E-state index in [2.05, 4.69) is 10.6 Å². The van der Waals surface area contributed by atoms with Crippen molar-refractivity contribution in [1.82, 2.24) is 10.5 Å². The minimum absolute atomic E-state index is 0.417. The zero-order valence-corrected chi connectivity index (χ0v) is 8.63. The molecule has 0 fully saturated rings. The fraction of sp³-hybridized carbons (Fsp3) is 0.0909. The normalized spacial score (nSPS) is 13.6. The molecule has 0 bridgehead atoms. The molecular weight excluding hydrogens is 204 g/mol. The summed E-state index contributed by atoms with van der Waals surface area (Å²) >= 11 is 0. The third-order valence-electron chi connectivity index (χ3n) is 2.24. The van der Waals surface area contributed by atoms with Crippen LogP contribution < -0.4 is 11.3 Å². The molecule has 1 aliphatic heterocycles. The van der Waals surface area contributed by atoms with Gasteiger partial charge < -0.3 is 5.73 Å². The SMILES string of the molecule is NC(=O)c1ccccc1CN1C=CC=NN1. The predicted octanol–water partition coefficient (Wildman–Crippen LogP) is 0.605. The van der Waals surface area contributed by atoms with Crippen molar-refractivity contribution >= 4 is 12.1 Å². The molecular formula is C11H12N4O. The van der Waals surface area contributed by atoms with Crippen LogP contribution in [0, 0.1) is 0 Å². The first kappa shape index (κ1) is 10.2. The Labute approximate surface area is 93.2 Å². The molecule has 0 spiro atoms. The molecule has 0 saturated carbocycles. The Balaban J connectivity index is 2.17. The smallest absolute Gasteiger partial charge is 0.249 e. The number of nitrogens with one attached hydrogen (secondary N) is 1. The highest BCUT2D eigenvalue weighted by Gasteiger charge is 2.09. The summed E-state index contributed by atoms with van der Waals surface area (Å²) in [6.07, 6.45) is 5.30. The summed E-state index contributed by atoms with van der Waals surface area (Å²) in [6.45, 7) is 0.535. The minimum Gasteiger partial charge on any atom is -0.366 e. The zero-order chi connectivity index (χ0) is 11.4.